The normalized spacial score (nSPS) is 12.6. The maximum Gasteiger partial charge on any atom is 0.165 e. The van der Waals surface area contributed by atoms with Crippen LogP contribution in [-0.4, -0.2) is 21.5 Å². The molecule has 2 rings (SSSR count). The number of carbonyl (C=O) groups excluding carboxylic acids is 1. The van der Waals surface area contributed by atoms with Crippen molar-refractivity contribution in [1.29, 1.82) is 0 Å². The third-order valence-corrected chi connectivity index (χ3v) is 3.06. The molecule has 0 amide bonds. The number of nitrogens with one attached hydrogen (secondary N) is 1. The number of nitrogens with zero attached hydrogens (tertiary/aromatic N) is 2. The van der Waals surface area contributed by atoms with Crippen LogP contribution in [-0.2, 0) is 4.79 Å². The number of aromatic amines is 1. The van der Waals surface area contributed by atoms with Crippen LogP contribution in [0.3, 0.4) is 0 Å². The molecule has 2 aromatic heterocycles. The number of aldehydes is 1. The summed E-state index contributed by atoms with van der Waals surface area (Å²) >= 11 is 7.14. The first-order valence-electron chi connectivity index (χ1n) is 3.87. The molecule has 1 N–H and O–H groups in total. The summed E-state index contributed by atoms with van der Waals surface area (Å²) in [4.78, 5) is 15.7. The molecule has 0 aliphatic heterocycles. The molecule has 1 atom stereocenters. The number of hydrogen-bond donors (Lipinski definition) is 1. The molecule has 0 aliphatic rings. The molecule has 2 aromatic rings. The molecule has 4 nitrogen and oxygen atoms in total. The van der Waals surface area contributed by atoms with Crippen molar-refractivity contribution in [2.24, 2.45) is 0 Å². The number of thiophene rings is 1. The van der Waals surface area contributed by atoms with E-state index in [0.717, 1.165) is 11.2 Å². The Morgan fingerprint density at radius 3 is 2.93 bits per heavy atom. The molecule has 1 unspecified atom stereocenters. The average Bonchev–Trinajstić information content (AvgIpc) is 2.79. The van der Waals surface area contributed by atoms with Crippen molar-refractivity contribution in [3.05, 3.63) is 33.5 Å². The van der Waals surface area contributed by atoms with Crippen LogP contribution in [0.5, 0.6) is 0 Å². The van der Waals surface area contributed by atoms with Gasteiger partial charge in [-0.2, -0.15) is 5.10 Å². The number of aromatic nitrogens is 3. The van der Waals surface area contributed by atoms with Gasteiger partial charge in [-0.05, 0) is 12.1 Å². The molecule has 2 heterocycles. The van der Waals surface area contributed by atoms with Crippen molar-refractivity contribution in [2.45, 2.75) is 5.92 Å². The van der Waals surface area contributed by atoms with Crippen LogP contribution < -0.4 is 0 Å². The van der Waals surface area contributed by atoms with E-state index in [0.29, 0.717) is 10.2 Å². The maximum absolute atomic E-state index is 10.9. The Morgan fingerprint density at radius 2 is 2.43 bits per heavy atom. The Bertz CT molecular complexity index is 425. The zero-order valence-corrected chi connectivity index (χ0v) is 8.55. The van der Waals surface area contributed by atoms with Gasteiger partial charge in [-0.25, -0.2) is 4.98 Å². The van der Waals surface area contributed by atoms with Crippen LogP contribution >= 0.6 is 22.9 Å². The van der Waals surface area contributed by atoms with Gasteiger partial charge in [0.2, 0.25) is 0 Å². The van der Waals surface area contributed by atoms with Gasteiger partial charge in [-0.1, -0.05) is 11.6 Å². The summed E-state index contributed by atoms with van der Waals surface area (Å²) in [6, 6.07) is 3.56. The second-order valence-corrected chi connectivity index (χ2v) is 4.36. The highest BCUT2D eigenvalue weighted by Crippen LogP contribution is 2.29. The molecule has 14 heavy (non-hydrogen) atoms. The van der Waals surface area contributed by atoms with Crippen molar-refractivity contribution in [3.63, 3.8) is 0 Å². The minimum Gasteiger partial charge on any atom is -0.302 e. The third kappa shape index (κ3) is 1.69. The minimum absolute atomic E-state index is 0.418. The Balaban J connectivity index is 2.35. The fraction of sp³-hybridized carbons (Fsp3) is 0.125. The van der Waals surface area contributed by atoms with E-state index in [9.17, 15) is 4.79 Å². The van der Waals surface area contributed by atoms with Gasteiger partial charge in [0, 0.05) is 4.88 Å². The molecule has 6 heteroatoms. The van der Waals surface area contributed by atoms with Gasteiger partial charge in [0.25, 0.3) is 0 Å². The van der Waals surface area contributed by atoms with Crippen molar-refractivity contribution < 1.29 is 4.79 Å². The summed E-state index contributed by atoms with van der Waals surface area (Å²) in [5.41, 5.74) is 0. The van der Waals surface area contributed by atoms with E-state index >= 15 is 0 Å². The predicted molar refractivity (Wildman–Crippen MR) is 53.6 cm³/mol. The predicted octanol–water partition coefficient (Wildman–Crippen LogP) is 1.85. The average molecular weight is 228 g/mol. The summed E-state index contributed by atoms with van der Waals surface area (Å²) in [5, 5.41) is 6.44. The van der Waals surface area contributed by atoms with Crippen molar-refractivity contribution in [2.75, 3.05) is 0 Å². The highest BCUT2D eigenvalue weighted by Gasteiger charge is 2.18. The zero-order chi connectivity index (χ0) is 9.97. The van der Waals surface area contributed by atoms with Gasteiger partial charge >= 0.3 is 0 Å². The lowest BCUT2D eigenvalue weighted by molar-refractivity contribution is -0.108. The van der Waals surface area contributed by atoms with E-state index in [1.54, 1.807) is 6.07 Å². The van der Waals surface area contributed by atoms with Crippen LogP contribution in [0.2, 0.25) is 4.34 Å². The molecular formula is C8H6ClN3OS. The minimum atomic E-state index is -0.418. The number of rotatable bonds is 3. The Labute approximate surface area is 88.9 Å². The van der Waals surface area contributed by atoms with Crippen molar-refractivity contribution in [3.8, 4) is 0 Å². The van der Waals surface area contributed by atoms with Crippen LogP contribution in [0, 0.1) is 0 Å². The molecule has 0 saturated carbocycles. The highest BCUT2D eigenvalue weighted by molar-refractivity contribution is 7.16. The second-order valence-electron chi connectivity index (χ2n) is 2.61. The third-order valence-electron chi connectivity index (χ3n) is 1.75. The lowest BCUT2D eigenvalue weighted by Crippen LogP contribution is -2.02. The van der Waals surface area contributed by atoms with Gasteiger partial charge in [0.1, 0.15) is 18.5 Å². The Kier molecular flexibility index (Phi) is 2.60. The fourth-order valence-corrected chi connectivity index (χ4v) is 2.23. The molecule has 0 saturated heterocycles. The van der Waals surface area contributed by atoms with Gasteiger partial charge < -0.3 is 4.79 Å². The number of hydrogen-bond acceptors (Lipinski definition) is 4. The maximum atomic E-state index is 10.9. The summed E-state index contributed by atoms with van der Waals surface area (Å²) in [6.07, 6.45) is 2.26. The Hall–Kier alpha value is -1.20. The quantitative estimate of drug-likeness (QED) is 0.815. The van der Waals surface area contributed by atoms with E-state index in [2.05, 4.69) is 15.2 Å². The fourth-order valence-electron chi connectivity index (χ4n) is 1.12. The zero-order valence-electron chi connectivity index (χ0n) is 6.98. The van der Waals surface area contributed by atoms with Gasteiger partial charge in [-0.15, -0.1) is 11.3 Å². The SMILES string of the molecule is O=CC(c1nc[nH]n1)c1ccc(Cl)s1. The van der Waals surface area contributed by atoms with Gasteiger partial charge in [0.15, 0.2) is 5.82 Å². The highest BCUT2D eigenvalue weighted by atomic mass is 35.5. The molecule has 0 radical (unpaired) electrons. The summed E-state index contributed by atoms with van der Waals surface area (Å²) < 4.78 is 0.655. The van der Waals surface area contributed by atoms with E-state index in [-0.39, 0.29) is 0 Å². The summed E-state index contributed by atoms with van der Waals surface area (Å²) in [7, 11) is 0. The molecule has 0 bridgehead atoms. The van der Waals surface area contributed by atoms with E-state index < -0.39 is 5.92 Å². The molecule has 0 aromatic carbocycles. The number of H-pyrrole nitrogens is 1. The van der Waals surface area contributed by atoms with E-state index in [1.807, 2.05) is 6.07 Å². The lowest BCUT2D eigenvalue weighted by Gasteiger charge is -2.00. The molecule has 72 valence electrons. The monoisotopic (exact) mass is 227 g/mol. The largest absolute Gasteiger partial charge is 0.302 e. The van der Waals surface area contributed by atoms with Crippen molar-refractivity contribution >= 4 is 29.2 Å². The van der Waals surface area contributed by atoms with Crippen LogP contribution in [0.4, 0.5) is 0 Å². The van der Waals surface area contributed by atoms with Crippen molar-refractivity contribution in [1.82, 2.24) is 15.2 Å². The van der Waals surface area contributed by atoms with Gasteiger partial charge in [0.05, 0.1) is 4.34 Å². The summed E-state index contributed by atoms with van der Waals surface area (Å²) in [6.45, 7) is 0. The molecule has 0 spiro atoms. The molecule has 0 fully saturated rings. The van der Waals surface area contributed by atoms with Crippen LogP contribution in [0.15, 0.2) is 18.5 Å². The van der Waals surface area contributed by atoms with E-state index in [4.69, 9.17) is 11.6 Å². The molecular weight excluding hydrogens is 222 g/mol. The van der Waals surface area contributed by atoms with Crippen LogP contribution in [0.1, 0.15) is 16.6 Å². The standard InChI is InChI=1S/C8H6ClN3OS/c9-7-2-1-6(14-7)5(3-13)8-10-4-11-12-8/h1-5H,(H,10,11,12). The molecule has 0 aliphatic carbocycles. The lowest BCUT2D eigenvalue weighted by atomic mass is 10.1. The Morgan fingerprint density at radius 1 is 1.57 bits per heavy atom. The topological polar surface area (TPSA) is 58.6 Å². The smallest absolute Gasteiger partial charge is 0.165 e. The van der Waals surface area contributed by atoms with E-state index in [1.165, 1.54) is 17.7 Å². The number of carbonyl (C=O) groups is 1. The van der Waals surface area contributed by atoms with Crippen LogP contribution in [0.25, 0.3) is 0 Å². The first-order valence-corrected chi connectivity index (χ1v) is 5.07. The summed E-state index contributed by atoms with van der Waals surface area (Å²) in [5.74, 6) is 0.0530. The first-order chi connectivity index (χ1) is 6.81. The first kappa shape index (κ1) is 9.36. The second kappa shape index (κ2) is 3.89. The number of halogens is 1. The van der Waals surface area contributed by atoms with Gasteiger partial charge in [-0.3, -0.25) is 5.10 Å².